The number of anilines is 1. The first-order valence-electron chi connectivity index (χ1n) is 6.23. The fourth-order valence-corrected chi connectivity index (χ4v) is 1.81. The van der Waals surface area contributed by atoms with Crippen LogP contribution in [0, 0.1) is 0 Å². The first-order valence-corrected chi connectivity index (χ1v) is 6.23. The molecule has 122 valence electrons. The summed E-state index contributed by atoms with van der Waals surface area (Å²) >= 11 is 0. The zero-order valence-electron chi connectivity index (χ0n) is 11.3. The third-order valence-corrected chi connectivity index (χ3v) is 2.90. The van der Waals surface area contributed by atoms with E-state index in [1.165, 1.54) is 6.07 Å². The molecule has 0 unspecified atom stereocenters. The number of alkyl halides is 6. The van der Waals surface area contributed by atoms with Gasteiger partial charge in [-0.15, -0.1) is 0 Å². The maximum absolute atomic E-state index is 12.6. The summed E-state index contributed by atoms with van der Waals surface area (Å²) in [6, 6.07) is 7.42. The predicted molar refractivity (Wildman–Crippen MR) is 70.8 cm³/mol. The molecule has 23 heavy (non-hydrogen) atoms. The Morgan fingerprint density at radius 3 is 1.87 bits per heavy atom. The van der Waals surface area contributed by atoms with Crippen LogP contribution in [0.5, 0.6) is 0 Å². The Morgan fingerprint density at radius 1 is 0.783 bits per heavy atom. The Bertz CT molecular complexity index is 720. The van der Waals surface area contributed by atoms with Crippen molar-refractivity contribution in [2.45, 2.75) is 12.4 Å². The number of nitrogens with one attached hydrogen (secondary N) is 1. The number of rotatable bonds is 2. The van der Waals surface area contributed by atoms with Crippen molar-refractivity contribution in [3.8, 4) is 0 Å². The second-order valence-corrected chi connectivity index (χ2v) is 4.61. The van der Waals surface area contributed by atoms with Crippen molar-refractivity contribution in [2.75, 3.05) is 5.32 Å². The Hall–Kier alpha value is -2.51. The van der Waals surface area contributed by atoms with E-state index in [9.17, 15) is 31.1 Å². The smallest absolute Gasteiger partial charge is 0.322 e. The molecular weight excluding hydrogens is 324 g/mol. The van der Waals surface area contributed by atoms with Gasteiger partial charge < -0.3 is 5.32 Å². The van der Waals surface area contributed by atoms with Gasteiger partial charge in [0.1, 0.15) is 0 Å². The summed E-state index contributed by atoms with van der Waals surface area (Å²) in [6.45, 7) is 0. The highest BCUT2D eigenvalue weighted by Crippen LogP contribution is 2.31. The van der Waals surface area contributed by atoms with Crippen LogP contribution in [0.25, 0.3) is 0 Å². The molecule has 0 saturated heterocycles. The third kappa shape index (κ3) is 4.24. The molecule has 0 spiro atoms. The van der Waals surface area contributed by atoms with Crippen molar-refractivity contribution in [2.24, 2.45) is 0 Å². The summed E-state index contributed by atoms with van der Waals surface area (Å²) < 4.78 is 75.5. The van der Waals surface area contributed by atoms with Crippen LogP contribution in [-0.4, -0.2) is 5.91 Å². The van der Waals surface area contributed by atoms with Gasteiger partial charge in [-0.25, -0.2) is 0 Å². The molecule has 0 radical (unpaired) electrons. The normalized spacial score (nSPS) is 12.1. The molecular formula is C15H9F6NO. The van der Waals surface area contributed by atoms with E-state index < -0.39 is 29.4 Å². The van der Waals surface area contributed by atoms with Crippen LogP contribution < -0.4 is 5.32 Å². The predicted octanol–water partition coefficient (Wildman–Crippen LogP) is 4.98. The molecule has 0 atom stereocenters. The molecule has 0 saturated carbocycles. The van der Waals surface area contributed by atoms with Crippen molar-refractivity contribution in [1.82, 2.24) is 0 Å². The summed E-state index contributed by atoms with van der Waals surface area (Å²) in [5.74, 6) is -0.935. The van der Waals surface area contributed by atoms with E-state index in [-0.39, 0.29) is 11.3 Å². The fraction of sp³-hybridized carbons (Fsp3) is 0.133. The number of hydrogen-bond donors (Lipinski definition) is 1. The summed E-state index contributed by atoms with van der Waals surface area (Å²) in [4.78, 5) is 11.9. The van der Waals surface area contributed by atoms with Crippen molar-refractivity contribution < 1.29 is 31.1 Å². The minimum absolute atomic E-state index is 0.165. The van der Waals surface area contributed by atoms with Crippen LogP contribution in [0.1, 0.15) is 21.5 Å². The van der Waals surface area contributed by atoms with E-state index in [0.717, 1.165) is 30.3 Å². The molecule has 1 amide bonds. The van der Waals surface area contributed by atoms with E-state index in [1.54, 1.807) is 0 Å². The number of carbonyl (C=O) groups is 1. The molecule has 2 nitrogen and oxygen atoms in total. The van der Waals surface area contributed by atoms with Crippen molar-refractivity contribution in [1.29, 1.82) is 0 Å². The number of carbonyl (C=O) groups excluding carboxylic acids is 1. The van der Waals surface area contributed by atoms with E-state index in [0.29, 0.717) is 12.1 Å². The Balaban J connectivity index is 2.23. The molecule has 8 heteroatoms. The lowest BCUT2D eigenvalue weighted by Crippen LogP contribution is -2.14. The lowest BCUT2D eigenvalue weighted by atomic mass is 10.1. The van der Waals surface area contributed by atoms with E-state index in [1.807, 2.05) is 0 Å². The van der Waals surface area contributed by atoms with Crippen molar-refractivity contribution >= 4 is 11.6 Å². The van der Waals surface area contributed by atoms with Crippen molar-refractivity contribution in [3.63, 3.8) is 0 Å². The monoisotopic (exact) mass is 333 g/mol. The van der Waals surface area contributed by atoms with Gasteiger partial charge >= 0.3 is 12.4 Å². The molecule has 2 aromatic rings. The zero-order chi connectivity index (χ0) is 17.3. The molecule has 0 aromatic heterocycles. The van der Waals surface area contributed by atoms with Crippen LogP contribution >= 0.6 is 0 Å². The Morgan fingerprint density at radius 2 is 1.30 bits per heavy atom. The molecule has 0 fully saturated rings. The van der Waals surface area contributed by atoms with E-state index in [2.05, 4.69) is 5.32 Å². The third-order valence-electron chi connectivity index (χ3n) is 2.90. The van der Waals surface area contributed by atoms with Crippen LogP contribution in [0.4, 0.5) is 32.0 Å². The highest BCUT2D eigenvalue weighted by molar-refractivity contribution is 6.04. The molecule has 0 bridgehead atoms. The van der Waals surface area contributed by atoms with Crippen LogP contribution in [-0.2, 0) is 12.4 Å². The maximum atomic E-state index is 12.6. The zero-order valence-corrected chi connectivity index (χ0v) is 11.3. The largest absolute Gasteiger partial charge is 0.416 e. The summed E-state index contributed by atoms with van der Waals surface area (Å²) in [5.41, 5.74) is -2.46. The quantitative estimate of drug-likeness (QED) is 0.772. The lowest BCUT2D eigenvalue weighted by molar-refractivity contribution is -0.138. The highest BCUT2D eigenvalue weighted by Gasteiger charge is 2.31. The number of amides is 1. The van der Waals surface area contributed by atoms with Gasteiger partial charge in [0.2, 0.25) is 0 Å². The standard InChI is InChI=1S/C15H9F6NO/c16-14(17,18)10-4-1-3-9(7-10)13(23)22-12-6-2-5-11(8-12)15(19,20)21/h1-8H,(H,22,23). The van der Waals surface area contributed by atoms with E-state index in [4.69, 9.17) is 0 Å². The van der Waals surface area contributed by atoms with Gasteiger partial charge in [-0.3, -0.25) is 4.79 Å². The topological polar surface area (TPSA) is 29.1 Å². The molecule has 0 heterocycles. The van der Waals surface area contributed by atoms with Gasteiger partial charge in [-0.05, 0) is 36.4 Å². The molecule has 0 aliphatic rings. The summed E-state index contributed by atoms with van der Waals surface area (Å²) in [5, 5.41) is 2.14. The minimum Gasteiger partial charge on any atom is -0.322 e. The van der Waals surface area contributed by atoms with Crippen molar-refractivity contribution in [3.05, 3.63) is 65.2 Å². The van der Waals surface area contributed by atoms with Crippen LogP contribution in [0.15, 0.2) is 48.5 Å². The van der Waals surface area contributed by atoms with Gasteiger partial charge in [-0.2, -0.15) is 26.3 Å². The first-order chi connectivity index (χ1) is 10.6. The molecule has 0 aliphatic carbocycles. The van der Waals surface area contributed by atoms with Gasteiger partial charge in [0.05, 0.1) is 11.1 Å². The number of benzene rings is 2. The SMILES string of the molecule is O=C(Nc1cccc(C(F)(F)F)c1)c1cccc(C(F)(F)F)c1. The summed E-state index contributed by atoms with van der Waals surface area (Å²) in [7, 11) is 0. The fourth-order valence-electron chi connectivity index (χ4n) is 1.81. The molecule has 2 aromatic carbocycles. The Kier molecular flexibility index (Phi) is 4.35. The van der Waals surface area contributed by atoms with Gasteiger partial charge in [0.25, 0.3) is 5.91 Å². The highest BCUT2D eigenvalue weighted by atomic mass is 19.4. The molecule has 2 rings (SSSR count). The van der Waals surface area contributed by atoms with E-state index >= 15 is 0 Å². The second kappa shape index (κ2) is 5.94. The molecule has 0 aliphatic heterocycles. The average Bonchev–Trinajstić information content (AvgIpc) is 2.46. The molecule has 1 N–H and O–H groups in total. The van der Waals surface area contributed by atoms with Crippen LogP contribution in [0.2, 0.25) is 0 Å². The first kappa shape index (κ1) is 16.9. The number of hydrogen-bond acceptors (Lipinski definition) is 1. The average molecular weight is 333 g/mol. The van der Waals surface area contributed by atoms with Gasteiger partial charge in [0, 0.05) is 11.3 Å². The number of halogens is 6. The van der Waals surface area contributed by atoms with Crippen LogP contribution in [0.3, 0.4) is 0 Å². The Labute approximate surface area is 126 Å². The maximum Gasteiger partial charge on any atom is 0.416 e. The second-order valence-electron chi connectivity index (χ2n) is 4.61. The van der Waals surface area contributed by atoms with Gasteiger partial charge in [-0.1, -0.05) is 12.1 Å². The minimum atomic E-state index is -4.62. The lowest BCUT2D eigenvalue weighted by Gasteiger charge is -2.11. The van der Waals surface area contributed by atoms with Gasteiger partial charge in [0.15, 0.2) is 0 Å². The summed E-state index contributed by atoms with van der Waals surface area (Å²) in [6.07, 6.45) is -9.20.